The molecule has 2 atom stereocenters. The maximum atomic E-state index is 12.7. The van der Waals surface area contributed by atoms with Gasteiger partial charge < -0.3 is 10.6 Å². The maximum absolute atomic E-state index is 12.7. The predicted octanol–water partition coefficient (Wildman–Crippen LogP) is 5.21. The molecule has 0 saturated carbocycles. The molecule has 6 rings (SSSR count). The molecule has 1 aliphatic rings. The number of fused-ring (bicyclic) bond motifs is 1. The number of carbonyl (C=O) groups is 1. The lowest BCUT2D eigenvalue weighted by molar-refractivity contribution is -0.122. The van der Waals surface area contributed by atoms with E-state index in [1.165, 1.54) is 24.4 Å². The highest BCUT2D eigenvalue weighted by atomic mass is 32.1. The summed E-state index contributed by atoms with van der Waals surface area (Å²) in [6.45, 7) is 9.53. The molecule has 1 fully saturated rings. The van der Waals surface area contributed by atoms with E-state index in [4.69, 9.17) is 4.98 Å². The van der Waals surface area contributed by atoms with Crippen molar-refractivity contribution in [1.82, 2.24) is 38.7 Å². The number of imidazole rings is 1. The summed E-state index contributed by atoms with van der Waals surface area (Å²) in [5, 5.41) is 11.9. The zero-order chi connectivity index (χ0) is 28.3. The SMILES string of the molecule is Cc1cn2c(-c3cnn(CC(=O)NC(C)c4ccccc4)c3)cnc2c(Nc2cc(CN3CCCC(C)C3)ns2)n1. The first-order valence-electron chi connectivity index (χ1n) is 14.1. The topological polar surface area (TPSA) is 105 Å². The number of piperidine rings is 1. The number of aromatic nitrogens is 6. The number of amides is 1. The van der Waals surface area contributed by atoms with Crippen molar-refractivity contribution in [1.29, 1.82) is 0 Å². The lowest BCUT2D eigenvalue weighted by Crippen LogP contribution is -2.33. The number of likely N-dealkylation sites (tertiary alicyclic amines) is 1. The fourth-order valence-electron chi connectivity index (χ4n) is 5.47. The van der Waals surface area contributed by atoms with Crippen molar-refractivity contribution in [3.63, 3.8) is 0 Å². The van der Waals surface area contributed by atoms with Crippen LogP contribution in [0, 0.1) is 12.8 Å². The largest absolute Gasteiger partial charge is 0.348 e. The summed E-state index contributed by atoms with van der Waals surface area (Å²) >= 11 is 1.45. The molecule has 0 aliphatic carbocycles. The van der Waals surface area contributed by atoms with Crippen LogP contribution in [-0.2, 0) is 17.9 Å². The number of nitrogens with zero attached hydrogens (tertiary/aromatic N) is 7. The first kappa shape index (κ1) is 27.1. The van der Waals surface area contributed by atoms with Crippen LogP contribution in [0.3, 0.4) is 0 Å². The number of carbonyl (C=O) groups excluding carboxylic acids is 1. The van der Waals surface area contributed by atoms with Gasteiger partial charge in [0, 0.05) is 31.0 Å². The molecule has 5 heterocycles. The van der Waals surface area contributed by atoms with Crippen LogP contribution in [-0.4, -0.2) is 52.4 Å². The average Bonchev–Trinajstić information content (AvgIpc) is 3.69. The van der Waals surface area contributed by atoms with Crippen LogP contribution in [0.4, 0.5) is 10.8 Å². The quantitative estimate of drug-likeness (QED) is 0.251. The Hall–Kier alpha value is -4.09. The zero-order valence-corrected chi connectivity index (χ0v) is 24.4. The number of nitrogens with one attached hydrogen (secondary N) is 2. The lowest BCUT2D eigenvalue weighted by Gasteiger charge is -2.30. The summed E-state index contributed by atoms with van der Waals surface area (Å²) in [5.74, 6) is 1.33. The molecule has 1 saturated heterocycles. The van der Waals surface area contributed by atoms with Crippen LogP contribution in [0.25, 0.3) is 16.9 Å². The molecule has 2 unspecified atom stereocenters. The fraction of sp³-hybridized carbons (Fsp3) is 0.367. The summed E-state index contributed by atoms with van der Waals surface area (Å²) in [7, 11) is 0. The third kappa shape index (κ3) is 6.31. The number of aryl methyl sites for hydroxylation is 1. The number of anilines is 2. The number of rotatable bonds is 9. The van der Waals surface area contributed by atoms with Crippen molar-refractivity contribution in [2.45, 2.75) is 52.7 Å². The van der Waals surface area contributed by atoms with Crippen molar-refractivity contribution < 1.29 is 4.79 Å². The second kappa shape index (κ2) is 11.8. The Labute approximate surface area is 243 Å². The van der Waals surface area contributed by atoms with E-state index in [0.717, 1.165) is 58.8 Å². The van der Waals surface area contributed by atoms with Crippen molar-refractivity contribution in [3.8, 4) is 11.3 Å². The normalized spacial score (nSPS) is 16.6. The van der Waals surface area contributed by atoms with Gasteiger partial charge in [-0.05, 0) is 62.3 Å². The highest BCUT2D eigenvalue weighted by molar-refractivity contribution is 7.10. The second-order valence-electron chi connectivity index (χ2n) is 11.0. The monoisotopic (exact) mass is 569 g/mol. The van der Waals surface area contributed by atoms with E-state index in [2.05, 4.69) is 43.0 Å². The maximum Gasteiger partial charge on any atom is 0.242 e. The molecule has 2 N–H and O–H groups in total. The minimum atomic E-state index is -0.0978. The summed E-state index contributed by atoms with van der Waals surface area (Å²) in [4.78, 5) is 24.6. The molecule has 1 aromatic carbocycles. The van der Waals surface area contributed by atoms with Gasteiger partial charge in [-0.3, -0.25) is 18.8 Å². The number of benzene rings is 1. The van der Waals surface area contributed by atoms with Crippen molar-refractivity contribution in [3.05, 3.63) is 78.1 Å². The zero-order valence-electron chi connectivity index (χ0n) is 23.6. The van der Waals surface area contributed by atoms with E-state index < -0.39 is 0 Å². The summed E-state index contributed by atoms with van der Waals surface area (Å²) in [6.07, 6.45) is 9.97. The Morgan fingerprint density at radius 1 is 1.20 bits per heavy atom. The van der Waals surface area contributed by atoms with Gasteiger partial charge >= 0.3 is 0 Å². The Balaban J connectivity index is 1.15. The molecule has 0 radical (unpaired) electrons. The van der Waals surface area contributed by atoms with Crippen molar-refractivity contribution in [2.24, 2.45) is 5.92 Å². The Morgan fingerprint density at radius 3 is 2.88 bits per heavy atom. The molecule has 11 heteroatoms. The molecule has 1 amide bonds. The van der Waals surface area contributed by atoms with Crippen molar-refractivity contribution >= 4 is 33.9 Å². The van der Waals surface area contributed by atoms with Gasteiger partial charge in [-0.25, -0.2) is 9.97 Å². The molecule has 5 aromatic rings. The second-order valence-corrected chi connectivity index (χ2v) is 11.8. The van der Waals surface area contributed by atoms with Gasteiger partial charge in [0.25, 0.3) is 0 Å². The smallest absolute Gasteiger partial charge is 0.242 e. The molecule has 10 nitrogen and oxygen atoms in total. The molecule has 0 spiro atoms. The Bertz CT molecular complexity index is 1640. The third-order valence-electron chi connectivity index (χ3n) is 7.45. The number of hydrogen-bond donors (Lipinski definition) is 2. The van der Waals surface area contributed by atoms with E-state index in [-0.39, 0.29) is 18.5 Å². The summed E-state index contributed by atoms with van der Waals surface area (Å²) < 4.78 is 8.35. The molecule has 0 bridgehead atoms. The van der Waals surface area contributed by atoms with Gasteiger partial charge in [0.15, 0.2) is 11.5 Å². The molecular weight excluding hydrogens is 534 g/mol. The van der Waals surface area contributed by atoms with Gasteiger partial charge in [-0.2, -0.15) is 9.47 Å². The lowest BCUT2D eigenvalue weighted by atomic mass is 10.0. The Kier molecular flexibility index (Phi) is 7.80. The number of hydrogen-bond acceptors (Lipinski definition) is 8. The van der Waals surface area contributed by atoms with Crippen LogP contribution < -0.4 is 10.6 Å². The third-order valence-corrected chi connectivity index (χ3v) is 8.19. The fourth-order valence-corrected chi connectivity index (χ4v) is 6.13. The van der Waals surface area contributed by atoms with Gasteiger partial charge in [0.1, 0.15) is 11.5 Å². The first-order valence-corrected chi connectivity index (χ1v) is 14.9. The molecule has 4 aromatic heterocycles. The van der Waals surface area contributed by atoms with Gasteiger partial charge in [-0.1, -0.05) is 37.3 Å². The van der Waals surface area contributed by atoms with Crippen LogP contribution in [0.15, 0.2) is 61.2 Å². The molecule has 1 aliphatic heterocycles. The predicted molar refractivity (Wildman–Crippen MR) is 161 cm³/mol. The first-order chi connectivity index (χ1) is 19.9. The van der Waals surface area contributed by atoms with E-state index in [1.807, 2.05) is 67.2 Å². The minimum Gasteiger partial charge on any atom is -0.348 e. The van der Waals surface area contributed by atoms with E-state index in [1.54, 1.807) is 10.9 Å². The summed E-state index contributed by atoms with van der Waals surface area (Å²) in [5.41, 5.74) is 5.46. The Morgan fingerprint density at radius 2 is 2.05 bits per heavy atom. The summed E-state index contributed by atoms with van der Waals surface area (Å²) in [6, 6.07) is 11.9. The minimum absolute atomic E-state index is 0.0815. The van der Waals surface area contributed by atoms with Crippen LogP contribution in [0.2, 0.25) is 0 Å². The molecule has 212 valence electrons. The van der Waals surface area contributed by atoms with Gasteiger partial charge in [0.05, 0.1) is 35.5 Å². The van der Waals surface area contributed by atoms with Gasteiger partial charge in [0.2, 0.25) is 5.91 Å². The van der Waals surface area contributed by atoms with Crippen LogP contribution >= 0.6 is 11.5 Å². The van der Waals surface area contributed by atoms with Crippen LogP contribution in [0.5, 0.6) is 0 Å². The van der Waals surface area contributed by atoms with Crippen molar-refractivity contribution in [2.75, 3.05) is 18.4 Å². The highest BCUT2D eigenvalue weighted by Crippen LogP contribution is 2.28. The van der Waals surface area contributed by atoms with E-state index in [9.17, 15) is 4.79 Å². The van der Waals surface area contributed by atoms with E-state index >= 15 is 0 Å². The molecular formula is C30H35N9OS. The van der Waals surface area contributed by atoms with Gasteiger partial charge in [-0.15, -0.1) is 0 Å². The standard InChI is InChI=1S/C30H35N9OS/c1-20-8-7-11-37(15-20)18-25-12-28(41-36-25)35-29-30-31-14-26(39(30)16-21(2)33-29)24-13-32-38(17-24)19-27(40)34-22(3)23-9-5-4-6-10-23/h4-6,9-10,12-14,16-17,20,22H,7-8,11,15,18-19H2,1-3H3,(H,33,35)(H,34,40). The van der Waals surface area contributed by atoms with E-state index in [0.29, 0.717) is 11.5 Å². The van der Waals surface area contributed by atoms with Crippen LogP contribution in [0.1, 0.15) is 49.7 Å². The molecule has 41 heavy (non-hydrogen) atoms. The highest BCUT2D eigenvalue weighted by Gasteiger charge is 2.19. The average molecular weight is 570 g/mol.